The van der Waals surface area contributed by atoms with Crippen LogP contribution in [0.15, 0.2) is 65.7 Å². The number of benzene rings is 2. The number of anilines is 2. The third-order valence-corrected chi connectivity index (χ3v) is 6.16. The molecule has 0 fully saturated rings. The van der Waals surface area contributed by atoms with Crippen LogP contribution in [0.3, 0.4) is 0 Å². The normalized spacial score (nSPS) is 11.6. The molecule has 1 N–H and O–H groups in total. The standard InChI is InChI=1S/C21H19F2N5O2S/c1-27(13-21-25-18-5-3-4-6-19(18)28(21)2)20-8-7-17(12-24-20)31(29,30)26-16-10-14(22)9-15(23)11-16/h3-12,26H,13H2,1-2H3. The van der Waals surface area contributed by atoms with Gasteiger partial charge < -0.3 is 9.47 Å². The van der Waals surface area contributed by atoms with Gasteiger partial charge in [-0.25, -0.2) is 27.2 Å². The van der Waals surface area contributed by atoms with E-state index in [-0.39, 0.29) is 10.6 Å². The van der Waals surface area contributed by atoms with Crippen LogP contribution in [-0.4, -0.2) is 30.0 Å². The summed E-state index contributed by atoms with van der Waals surface area (Å²) in [6.45, 7) is 0.463. The molecule has 0 aliphatic rings. The minimum absolute atomic E-state index is 0.128. The molecule has 0 aliphatic carbocycles. The van der Waals surface area contributed by atoms with Crippen molar-refractivity contribution in [3.8, 4) is 0 Å². The van der Waals surface area contributed by atoms with Crippen LogP contribution in [0.2, 0.25) is 0 Å². The number of fused-ring (bicyclic) bond motifs is 1. The van der Waals surface area contributed by atoms with Crippen LogP contribution in [-0.2, 0) is 23.6 Å². The highest BCUT2D eigenvalue weighted by molar-refractivity contribution is 7.92. The van der Waals surface area contributed by atoms with Gasteiger partial charge >= 0.3 is 0 Å². The highest BCUT2D eigenvalue weighted by atomic mass is 32.2. The molecule has 0 saturated carbocycles. The van der Waals surface area contributed by atoms with Gasteiger partial charge in [0.25, 0.3) is 10.0 Å². The Labute approximate surface area is 178 Å². The van der Waals surface area contributed by atoms with E-state index >= 15 is 0 Å². The molecule has 0 amide bonds. The van der Waals surface area contributed by atoms with Crippen molar-refractivity contribution in [3.05, 3.63) is 78.3 Å². The first-order valence-electron chi connectivity index (χ1n) is 9.29. The SMILES string of the molecule is CN(Cc1nc2ccccc2n1C)c1ccc(S(=O)(=O)Nc2cc(F)cc(F)c2)cn1. The molecule has 7 nitrogen and oxygen atoms in total. The predicted molar refractivity (Wildman–Crippen MR) is 114 cm³/mol. The summed E-state index contributed by atoms with van der Waals surface area (Å²) in [6, 6.07) is 13.2. The van der Waals surface area contributed by atoms with E-state index in [9.17, 15) is 17.2 Å². The van der Waals surface area contributed by atoms with Crippen molar-refractivity contribution >= 4 is 32.6 Å². The lowest BCUT2D eigenvalue weighted by atomic mass is 10.3. The lowest BCUT2D eigenvalue weighted by Crippen LogP contribution is -2.20. The summed E-state index contributed by atoms with van der Waals surface area (Å²) >= 11 is 0. The first kappa shape index (κ1) is 20.7. The van der Waals surface area contributed by atoms with Crippen molar-refractivity contribution < 1.29 is 17.2 Å². The summed E-state index contributed by atoms with van der Waals surface area (Å²) in [4.78, 5) is 10.6. The van der Waals surface area contributed by atoms with Crippen molar-refractivity contribution in [1.29, 1.82) is 0 Å². The fourth-order valence-corrected chi connectivity index (χ4v) is 4.20. The molecular weight excluding hydrogens is 424 g/mol. The Kier molecular flexibility index (Phi) is 5.32. The van der Waals surface area contributed by atoms with Crippen LogP contribution in [0.4, 0.5) is 20.3 Å². The number of sulfonamides is 1. The molecule has 10 heteroatoms. The lowest BCUT2D eigenvalue weighted by Gasteiger charge is -2.18. The predicted octanol–water partition coefficient (Wildman–Crippen LogP) is 3.68. The van der Waals surface area contributed by atoms with Gasteiger partial charge in [-0.2, -0.15) is 0 Å². The topological polar surface area (TPSA) is 80.1 Å². The average molecular weight is 443 g/mol. The molecular formula is C21H19F2N5O2S. The first-order valence-corrected chi connectivity index (χ1v) is 10.8. The van der Waals surface area contributed by atoms with E-state index in [0.717, 1.165) is 29.0 Å². The number of pyridine rings is 1. The number of hydrogen-bond donors (Lipinski definition) is 1. The van der Waals surface area contributed by atoms with Crippen LogP contribution in [0.5, 0.6) is 0 Å². The second-order valence-corrected chi connectivity index (χ2v) is 8.73. The molecule has 0 radical (unpaired) electrons. The minimum Gasteiger partial charge on any atom is -0.352 e. The number of nitrogens with zero attached hydrogens (tertiary/aromatic N) is 4. The fourth-order valence-electron chi connectivity index (χ4n) is 3.21. The smallest absolute Gasteiger partial charge is 0.263 e. The Hall–Kier alpha value is -3.53. The molecule has 4 aromatic rings. The van der Waals surface area contributed by atoms with E-state index < -0.39 is 21.7 Å². The highest BCUT2D eigenvalue weighted by Gasteiger charge is 2.17. The molecule has 2 heterocycles. The maximum Gasteiger partial charge on any atom is 0.263 e. The molecule has 0 aliphatic heterocycles. The average Bonchev–Trinajstić information content (AvgIpc) is 3.02. The molecule has 2 aromatic carbocycles. The number of hydrogen-bond acceptors (Lipinski definition) is 5. The summed E-state index contributed by atoms with van der Waals surface area (Å²) in [5.41, 5.74) is 1.70. The summed E-state index contributed by atoms with van der Waals surface area (Å²) in [6.07, 6.45) is 1.19. The van der Waals surface area contributed by atoms with Crippen molar-refractivity contribution in [2.45, 2.75) is 11.4 Å². The third kappa shape index (κ3) is 4.33. The Morgan fingerprint density at radius 2 is 1.77 bits per heavy atom. The van der Waals surface area contributed by atoms with Crippen molar-refractivity contribution in [1.82, 2.24) is 14.5 Å². The maximum atomic E-state index is 13.3. The molecule has 0 bridgehead atoms. The maximum absolute atomic E-state index is 13.3. The molecule has 2 aromatic heterocycles. The van der Waals surface area contributed by atoms with Crippen molar-refractivity contribution in [2.75, 3.05) is 16.7 Å². The van der Waals surface area contributed by atoms with E-state index in [2.05, 4.69) is 14.7 Å². The number of halogens is 2. The van der Waals surface area contributed by atoms with Gasteiger partial charge in [0.2, 0.25) is 0 Å². The largest absolute Gasteiger partial charge is 0.352 e. The number of para-hydroxylation sites is 2. The zero-order valence-electron chi connectivity index (χ0n) is 16.8. The molecule has 31 heavy (non-hydrogen) atoms. The molecule has 0 unspecified atom stereocenters. The Morgan fingerprint density at radius 3 is 2.42 bits per heavy atom. The monoisotopic (exact) mass is 443 g/mol. The molecule has 4 rings (SSSR count). The number of imidazole rings is 1. The number of aromatic nitrogens is 3. The number of nitrogens with one attached hydrogen (secondary N) is 1. The molecule has 0 saturated heterocycles. The number of aryl methyl sites for hydroxylation is 1. The van der Waals surface area contributed by atoms with Gasteiger partial charge in [-0.1, -0.05) is 12.1 Å². The zero-order chi connectivity index (χ0) is 22.2. The quantitative estimate of drug-likeness (QED) is 0.492. The van der Waals surface area contributed by atoms with Crippen LogP contribution in [0, 0.1) is 11.6 Å². The summed E-state index contributed by atoms with van der Waals surface area (Å²) in [5, 5.41) is 0. The second-order valence-electron chi connectivity index (χ2n) is 7.05. The Bertz CT molecular complexity index is 1330. The van der Waals surface area contributed by atoms with Crippen molar-refractivity contribution in [3.63, 3.8) is 0 Å². The van der Waals surface area contributed by atoms with Gasteiger partial charge in [-0.3, -0.25) is 4.72 Å². The highest BCUT2D eigenvalue weighted by Crippen LogP contribution is 2.21. The van der Waals surface area contributed by atoms with Gasteiger partial charge in [0, 0.05) is 26.4 Å². The minimum atomic E-state index is -4.05. The van der Waals surface area contributed by atoms with E-state index in [4.69, 9.17) is 0 Å². The van der Waals surface area contributed by atoms with E-state index in [0.29, 0.717) is 18.4 Å². The summed E-state index contributed by atoms with van der Waals surface area (Å²) in [7, 11) is -0.297. The van der Waals surface area contributed by atoms with E-state index in [1.54, 1.807) is 6.07 Å². The second kappa shape index (κ2) is 7.95. The van der Waals surface area contributed by atoms with Crippen LogP contribution >= 0.6 is 0 Å². The van der Waals surface area contributed by atoms with Gasteiger partial charge in [0.05, 0.1) is 23.3 Å². The summed E-state index contributed by atoms with van der Waals surface area (Å²) < 4.78 is 55.8. The number of rotatable bonds is 6. The molecule has 160 valence electrons. The first-order chi connectivity index (χ1) is 14.7. The molecule has 0 atom stereocenters. The zero-order valence-corrected chi connectivity index (χ0v) is 17.6. The van der Waals surface area contributed by atoms with E-state index in [1.807, 2.05) is 47.8 Å². The van der Waals surface area contributed by atoms with Crippen molar-refractivity contribution in [2.24, 2.45) is 7.05 Å². The summed E-state index contributed by atoms with van der Waals surface area (Å²) in [5.74, 6) is -0.385. The van der Waals surface area contributed by atoms with Gasteiger partial charge in [-0.05, 0) is 36.4 Å². The Morgan fingerprint density at radius 1 is 1.06 bits per heavy atom. The third-order valence-electron chi connectivity index (χ3n) is 4.80. The van der Waals surface area contributed by atoms with Gasteiger partial charge in [0.15, 0.2) is 0 Å². The Balaban J connectivity index is 1.52. The van der Waals surface area contributed by atoms with Crippen LogP contribution in [0.1, 0.15) is 5.82 Å². The van der Waals surface area contributed by atoms with Crippen LogP contribution in [0.25, 0.3) is 11.0 Å². The lowest BCUT2D eigenvalue weighted by molar-refractivity contribution is 0.584. The van der Waals surface area contributed by atoms with E-state index in [1.165, 1.54) is 12.3 Å². The van der Waals surface area contributed by atoms with Gasteiger partial charge in [0.1, 0.15) is 28.2 Å². The molecule has 0 spiro atoms. The van der Waals surface area contributed by atoms with Crippen LogP contribution < -0.4 is 9.62 Å². The fraction of sp³-hybridized carbons (Fsp3) is 0.143. The van der Waals surface area contributed by atoms with Gasteiger partial charge in [-0.15, -0.1) is 0 Å².